The first-order chi connectivity index (χ1) is 8.01. The minimum absolute atomic E-state index is 0.437. The number of anilines is 1. The van der Waals surface area contributed by atoms with Gasteiger partial charge in [-0.25, -0.2) is 0 Å². The van der Waals surface area contributed by atoms with Gasteiger partial charge in [0.25, 0.3) is 0 Å². The fourth-order valence-corrected chi connectivity index (χ4v) is 1.56. The van der Waals surface area contributed by atoms with Gasteiger partial charge in [-0.3, -0.25) is 0 Å². The Labute approximate surface area is 103 Å². The van der Waals surface area contributed by atoms with Crippen LogP contribution in [0.5, 0.6) is 0 Å². The predicted molar refractivity (Wildman–Crippen MR) is 70.3 cm³/mol. The van der Waals surface area contributed by atoms with Gasteiger partial charge in [0.05, 0.1) is 11.6 Å². The fourth-order valence-electron chi connectivity index (χ4n) is 1.56. The van der Waals surface area contributed by atoms with Gasteiger partial charge >= 0.3 is 0 Å². The third kappa shape index (κ3) is 2.77. The molecule has 0 heterocycles. The molecule has 0 aromatic heterocycles. The van der Waals surface area contributed by atoms with E-state index in [1.165, 1.54) is 0 Å². The van der Waals surface area contributed by atoms with Crippen LogP contribution in [-0.4, -0.2) is 26.0 Å². The maximum absolute atomic E-state index is 8.92. The molecule has 0 aliphatic carbocycles. The zero-order valence-electron chi connectivity index (χ0n) is 10.6. The van der Waals surface area contributed by atoms with E-state index >= 15 is 0 Å². The molecule has 0 amide bonds. The van der Waals surface area contributed by atoms with Gasteiger partial charge in [0.1, 0.15) is 5.82 Å². The SMILES string of the molecule is C=C(N(C)C)N(C)c1cc(C#N)ccc1CN. The zero-order chi connectivity index (χ0) is 13.0. The van der Waals surface area contributed by atoms with E-state index in [9.17, 15) is 0 Å². The highest BCUT2D eigenvalue weighted by Gasteiger charge is 2.11. The van der Waals surface area contributed by atoms with Gasteiger partial charge in [-0.05, 0) is 17.7 Å². The van der Waals surface area contributed by atoms with Crippen LogP contribution in [0.1, 0.15) is 11.1 Å². The lowest BCUT2D eigenvalue weighted by Gasteiger charge is -2.28. The molecule has 0 unspecified atom stereocenters. The molecule has 0 radical (unpaired) electrons. The Morgan fingerprint density at radius 3 is 2.53 bits per heavy atom. The Kier molecular flexibility index (Phi) is 4.13. The van der Waals surface area contributed by atoms with Crippen molar-refractivity contribution in [3.63, 3.8) is 0 Å². The largest absolute Gasteiger partial charge is 0.365 e. The van der Waals surface area contributed by atoms with Crippen LogP contribution in [0.2, 0.25) is 0 Å². The summed E-state index contributed by atoms with van der Waals surface area (Å²) in [6, 6.07) is 7.62. The quantitative estimate of drug-likeness (QED) is 0.851. The highest BCUT2D eigenvalue weighted by Crippen LogP contribution is 2.24. The molecule has 0 fully saturated rings. The summed E-state index contributed by atoms with van der Waals surface area (Å²) in [5.74, 6) is 0.842. The average molecular weight is 230 g/mol. The number of hydrogen-bond donors (Lipinski definition) is 1. The maximum atomic E-state index is 8.92. The second-order valence-electron chi connectivity index (χ2n) is 4.03. The molecule has 0 saturated carbocycles. The predicted octanol–water partition coefficient (Wildman–Crippen LogP) is 1.49. The summed E-state index contributed by atoms with van der Waals surface area (Å²) < 4.78 is 0. The van der Waals surface area contributed by atoms with E-state index in [4.69, 9.17) is 11.0 Å². The van der Waals surface area contributed by atoms with Gasteiger partial charge in [0.15, 0.2) is 0 Å². The summed E-state index contributed by atoms with van der Waals surface area (Å²) in [7, 11) is 5.77. The topological polar surface area (TPSA) is 56.3 Å². The number of nitriles is 1. The first kappa shape index (κ1) is 13.1. The van der Waals surface area contributed by atoms with Crippen molar-refractivity contribution in [2.45, 2.75) is 6.54 Å². The minimum Gasteiger partial charge on any atom is -0.365 e. The maximum Gasteiger partial charge on any atom is 0.100 e. The number of benzene rings is 1. The Hall–Kier alpha value is -1.99. The van der Waals surface area contributed by atoms with Crippen LogP contribution >= 0.6 is 0 Å². The van der Waals surface area contributed by atoms with E-state index in [-0.39, 0.29) is 0 Å². The molecule has 0 aliphatic rings. The van der Waals surface area contributed by atoms with E-state index in [1.807, 2.05) is 43.1 Å². The van der Waals surface area contributed by atoms with Gasteiger partial charge in [0, 0.05) is 33.4 Å². The lowest BCUT2D eigenvalue weighted by molar-refractivity contribution is 0.499. The highest BCUT2D eigenvalue weighted by atomic mass is 15.3. The Bertz CT molecular complexity index is 457. The normalized spacial score (nSPS) is 9.59. The molecule has 0 aliphatic heterocycles. The van der Waals surface area contributed by atoms with Crippen molar-refractivity contribution >= 4 is 5.69 Å². The Morgan fingerprint density at radius 1 is 1.41 bits per heavy atom. The molecule has 1 aromatic rings. The molecular formula is C13H18N4. The first-order valence-electron chi connectivity index (χ1n) is 5.34. The van der Waals surface area contributed by atoms with Crippen LogP contribution in [0.15, 0.2) is 30.6 Å². The van der Waals surface area contributed by atoms with Crippen LogP contribution in [0.3, 0.4) is 0 Å². The molecule has 0 saturated heterocycles. The average Bonchev–Trinajstić information content (AvgIpc) is 2.35. The summed E-state index contributed by atoms with van der Waals surface area (Å²) in [6.07, 6.45) is 0. The van der Waals surface area contributed by atoms with Crippen LogP contribution < -0.4 is 10.6 Å². The molecule has 4 nitrogen and oxygen atoms in total. The summed E-state index contributed by atoms with van der Waals surface area (Å²) in [5, 5.41) is 8.92. The monoisotopic (exact) mass is 230 g/mol. The smallest absolute Gasteiger partial charge is 0.100 e. The number of rotatable bonds is 4. The van der Waals surface area contributed by atoms with Crippen molar-refractivity contribution in [2.75, 3.05) is 26.0 Å². The van der Waals surface area contributed by atoms with Crippen molar-refractivity contribution in [3.8, 4) is 6.07 Å². The van der Waals surface area contributed by atoms with E-state index in [0.29, 0.717) is 12.1 Å². The molecule has 17 heavy (non-hydrogen) atoms. The second-order valence-corrected chi connectivity index (χ2v) is 4.03. The first-order valence-corrected chi connectivity index (χ1v) is 5.34. The van der Waals surface area contributed by atoms with Crippen LogP contribution in [0, 0.1) is 11.3 Å². The van der Waals surface area contributed by atoms with Gasteiger partial charge < -0.3 is 15.5 Å². The van der Waals surface area contributed by atoms with Crippen molar-refractivity contribution in [1.29, 1.82) is 5.26 Å². The zero-order valence-corrected chi connectivity index (χ0v) is 10.6. The summed E-state index contributed by atoms with van der Waals surface area (Å²) >= 11 is 0. The summed E-state index contributed by atoms with van der Waals surface area (Å²) in [4.78, 5) is 3.85. The Balaban J connectivity index is 3.19. The fraction of sp³-hybridized carbons (Fsp3) is 0.308. The highest BCUT2D eigenvalue weighted by molar-refractivity contribution is 5.60. The summed E-state index contributed by atoms with van der Waals surface area (Å²) in [5.41, 5.74) is 8.24. The van der Waals surface area contributed by atoms with E-state index in [2.05, 4.69) is 12.6 Å². The lowest BCUT2D eigenvalue weighted by atomic mass is 10.1. The van der Waals surface area contributed by atoms with Gasteiger partial charge in [0.2, 0.25) is 0 Å². The molecule has 90 valence electrons. The van der Waals surface area contributed by atoms with Gasteiger partial charge in [-0.15, -0.1) is 0 Å². The number of hydrogen-bond acceptors (Lipinski definition) is 4. The van der Waals surface area contributed by atoms with E-state index in [0.717, 1.165) is 17.1 Å². The molecule has 1 aromatic carbocycles. The molecule has 0 atom stereocenters. The molecule has 0 spiro atoms. The van der Waals surface area contributed by atoms with Crippen LogP contribution in [0.25, 0.3) is 0 Å². The van der Waals surface area contributed by atoms with Crippen molar-refractivity contribution in [2.24, 2.45) is 5.73 Å². The minimum atomic E-state index is 0.437. The lowest BCUT2D eigenvalue weighted by Crippen LogP contribution is -2.27. The standard InChI is InChI=1S/C13H18N4/c1-10(16(2)3)17(4)13-7-11(8-14)5-6-12(13)9-15/h5-7H,1,9,15H2,2-4H3. The third-order valence-corrected chi connectivity index (χ3v) is 2.70. The van der Waals surface area contributed by atoms with Crippen LogP contribution in [-0.2, 0) is 6.54 Å². The van der Waals surface area contributed by atoms with Crippen LogP contribution in [0.4, 0.5) is 5.69 Å². The third-order valence-electron chi connectivity index (χ3n) is 2.70. The van der Waals surface area contributed by atoms with Gasteiger partial charge in [-0.2, -0.15) is 5.26 Å². The molecule has 4 heteroatoms. The molecule has 1 rings (SSSR count). The number of nitrogens with two attached hydrogens (primary N) is 1. The van der Waals surface area contributed by atoms with Gasteiger partial charge in [-0.1, -0.05) is 12.6 Å². The molecule has 2 N–H and O–H groups in total. The summed E-state index contributed by atoms with van der Waals surface area (Å²) in [6.45, 7) is 4.43. The molecule has 0 bridgehead atoms. The van der Waals surface area contributed by atoms with E-state index < -0.39 is 0 Å². The van der Waals surface area contributed by atoms with Crippen molar-refractivity contribution in [3.05, 3.63) is 41.7 Å². The number of nitrogens with zero attached hydrogens (tertiary/aromatic N) is 3. The molecular weight excluding hydrogens is 212 g/mol. The van der Waals surface area contributed by atoms with E-state index in [1.54, 1.807) is 6.07 Å². The van der Waals surface area contributed by atoms with Crippen molar-refractivity contribution < 1.29 is 0 Å². The Morgan fingerprint density at radius 2 is 2.06 bits per heavy atom. The second kappa shape index (κ2) is 5.37. The van der Waals surface area contributed by atoms with Crippen molar-refractivity contribution in [1.82, 2.24) is 4.90 Å².